The molecule has 1 N–H and O–H groups in total. The van der Waals surface area contributed by atoms with Gasteiger partial charge in [-0.15, -0.1) is 0 Å². The fraction of sp³-hybridized carbons (Fsp3) is 0. The van der Waals surface area contributed by atoms with E-state index in [1.165, 1.54) is 0 Å². The van der Waals surface area contributed by atoms with Gasteiger partial charge in [0.1, 0.15) is 5.75 Å². The molecule has 2 rings (SSSR count). The van der Waals surface area contributed by atoms with Gasteiger partial charge in [-0.3, -0.25) is 0 Å². The molecule has 2 aromatic rings. The highest BCUT2D eigenvalue weighted by Crippen LogP contribution is 2.26. The van der Waals surface area contributed by atoms with Gasteiger partial charge >= 0.3 is 0 Å². The van der Waals surface area contributed by atoms with Crippen molar-refractivity contribution in [1.29, 1.82) is 0 Å². The Labute approximate surface area is 89.3 Å². The summed E-state index contributed by atoms with van der Waals surface area (Å²) in [7, 11) is 0. The van der Waals surface area contributed by atoms with Gasteiger partial charge in [0.25, 0.3) is 0 Å². The van der Waals surface area contributed by atoms with Gasteiger partial charge in [-0.1, -0.05) is 49.1 Å². The number of phenols is 1. The van der Waals surface area contributed by atoms with Gasteiger partial charge in [-0.2, -0.15) is 0 Å². The third kappa shape index (κ3) is 1.91. The van der Waals surface area contributed by atoms with E-state index in [9.17, 15) is 5.11 Å². The number of phenolic OH excluding ortho intramolecular Hbond substituents is 1. The Kier molecular flexibility index (Phi) is 2.55. The standard InChI is InChI=1S/C14H12O/c1-2-11-6-3-4-9-14(11)12-7-5-8-13(15)10-12/h2-10,15H,1H2. The van der Waals surface area contributed by atoms with Gasteiger partial charge in [0.15, 0.2) is 0 Å². The van der Waals surface area contributed by atoms with Crippen molar-refractivity contribution in [3.63, 3.8) is 0 Å². The molecule has 0 aliphatic carbocycles. The van der Waals surface area contributed by atoms with Gasteiger partial charge in [-0.25, -0.2) is 0 Å². The summed E-state index contributed by atoms with van der Waals surface area (Å²) in [5.41, 5.74) is 3.16. The average Bonchev–Trinajstić information content (AvgIpc) is 2.29. The first kappa shape index (κ1) is 9.53. The normalized spacial score (nSPS) is 9.87. The van der Waals surface area contributed by atoms with E-state index < -0.39 is 0 Å². The van der Waals surface area contributed by atoms with Gasteiger partial charge in [0.05, 0.1) is 0 Å². The second kappa shape index (κ2) is 4.01. The molecular formula is C14H12O. The van der Waals surface area contributed by atoms with Gasteiger partial charge in [0.2, 0.25) is 0 Å². The topological polar surface area (TPSA) is 20.2 Å². The van der Waals surface area contributed by atoms with Crippen LogP contribution in [0.15, 0.2) is 55.1 Å². The molecule has 0 aliphatic heterocycles. The molecule has 15 heavy (non-hydrogen) atoms. The summed E-state index contributed by atoms with van der Waals surface area (Å²) >= 11 is 0. The highest BCUT2D eigenvalue weighted by molar-refractivity contribution is 5.75. The molecular weight excluding hydrogens is 184 g/mol. The number of hydrogen-bond donors (Lipinski definition) is 1. The van der Waals surface area contributed by atoms with E-state index in [4.69, 9.17) is 0 Å². The number of aromatic hydroxyl groups is 1. The lowest BCUT2D eigenvalue weighted by Gasteiger charge is -2.06. The molecule has 0 amide bonds. The van der Waals surface area contributed by atoms with E-state index in [0.29, 0.717) is 0 Å². The molecule has 0 unspecified atom stereocenters. The Hall–Kier alpha value is -2.02. The Morgan fingerprint density at radius 1 is 1.00 bits per heavy atom. The van der Waals surface area contributed by atoms with Crippen molar-refractivity contribution >= 4 is 6.08 Å². The molecule has 0 bridgehead atoms. The predicted octanol–water partition coefficient (Wildman–Crippen LogP) is 3.70. The lowest BCUT2D eigenvalue weighted by Crippen LogP contribution is -1.81. The Morgan fingerprint density at radius 3 is 2.53 bits per heavy atom. The van der Waals surface area contributed by atoms with Crippen LogP contribution < -0.4 is 0 Å². The second-order valence-corrected chi connectivity index (χ2v) is 3.34. The Morgan fingerprint density at radius 2 is 1.80 bits per heavy atom. The Balaban J connectivity index is 2.58. The minimum absolute atomic E-state index is 0.284. The van der Waals surface area contributed by atoms with Crippen molar-refractivity contribution in [2.24, 2.45) is 0 Å². The first-order chi connectivity index (χ1) is 7.31. The maximum atomic E-state index is 9.41. The molecule has 2 aromatic carbocycles. The van der Waals surface area contributed by atoms with E-state index >= 15 is 0 Å². The summed E-state index contributed by atoms with van der Waals surface area (Å²) < 4.78 is 0. The molecule has 1 nitrogen and oxygen atoms in total. The fourth-order valence-electron chi connectivity index (χ4n) is 1.61. The summed E-state index contributed by atoms with van der Waals surface area (Å²) in [5.74, 6) is 0.284. The molecule has 0 fully saturated rings. The molecule has 74 valence electrons. The van der Waals surface area contributed by atoms with Crippen LogP contribution in [0.2, 0.25) is 0 Å². The first-order valence-corrected chi connectivity index (χ1v) is 4.82. The lowest BCUT2D eigenvalue weighted by molar-refractivity contribution is 0.475. The number of hydrogen-bond acceptors (Lipinski definition) is 1. The van der Waals surface area contributed by atoms with Crippen LogP contribution in [0.1, 0.15) is 5.56 Å². The minimum atomic E-state index is 0.284. The van der Waals surface area contributed by atoms with E-state index in [1.54, 1.807) is 12.1 Å². The van der Waals surface area contributed by atoms with Crippen LogP contribution in [0, 0.1) is 0 Å². The van der Waals surface area contributed by atoms with E-state index in [1.807, 2.05) is 42.5 Å². The SMILES string of the molecule is C=Cc1ccccc1-c1cccc(O)c1. The number of benzene rings is 2. The largest absolute Gasteiger partial charge is 0.508 e. The first-order valence-electron chi connectivity index (χ1n) is 4.82. The fourth-order valence-corrected chi connectivity index (χ4v) is 1.61. The van der Waals surface area contributed by atoms with E-state index in [0.717, 1.165) is 16.7 Å². The summed E-state index contributed by atoms with van der Waals surface area (Å²) in [4.78, 5) is 0. The minimum Gasteiger partial charge on any atom is -0.508 e. The summed E-state index contributed by atoms with van der Waals surface area (Å²) in [6.07, 6.45) is 1.82. The molecule has 0 aliphatic rings. The third-order valence-corrected chi connectivity index (χ3v) is 2.34. The van der Waals surface area contributed by atoms with E-state index in [2.05, 4.69) is 6.58 Å². The van der Waals surface area contributed by atoms with Crippen LogP contribution in [0.4, 0.5) is 0 Å². The monoisotopic (exact) mass is 196 g/mol. The quantitative estimate of drug-likeness (QED) is 0.776. The summed E-state index contributed by atoms with van der Waals surface area (Å²) in [6.45, 7) is 3.78. The van der Waals surface area contributed by atoms with Crippen LogP contribution in [-0.2, 0) is 0 Å². The molecule has 0 saturated carbocycles. The molecule has 0 heterocycles. The highest BCUT2D eigenvalue weighted by Gasteiger charge is 2.01. The van der Waals surface area contributed by atoms with Crippen LogP contribution in [-0.4, -0.2) is 5.11 Å². The Bertz CT molecular complexity index is 486. The predicted molar refractivity (Wildman–Crippen MR) is 63.6 cm³/mol. The zero-order valence-electron chi connectivity index (χ0n) is 8.35. The van der Waals surface area contributed by atoms with E-state index in [-0.39, 0.29) is 5.75 Å². The maximum Gasteiger partial charge on any atom is 0.116 e. The zero-order chi connectivity index (χ0) is 10.7. The van der Waals surface area contributed by atoms with Crippen molar-refractivity contribution in [3.8, 4) is 16.9 Å². The third-order valence-electron chi connectivity index (χ3n) is 2.34. The highest BCUT2D eigenvalue weighted by atomic mass is 16.3. The van der Waals surface area contributed by atoms with Crippen molar-refractivity contribution in [3.05, 3.63) is 60.7 Å². The van der Waals surface area contributed by atoms with Gasteiger partial charge < -0.3 is 5.11 Å². The molecule has 0 saturated heterocycles. The molecule has 0 atom stereocenters. The molecule has 0 aromatic heterocycles. The summed E-state index contributed by atoms with van der Waals surface area (Å²) in [6, 6.07) is 15.2. The average molecular weight is 196 g/mol. The van der Waals surface area contributed by atoms with Gasteiger partial charge in [-0.05, 0) is 28.8 Å². The number of rotatable bonds is 2. The van der Waals surface area contributed by atoms with Crippen LogP contribution >= 0.6 is 0 Å². The van der Waals surface area contributed by atoms with Crippen LogP contribution in [0.25, 0.3) is 17.2 Å². The molecule has 0 radical (unpaired) electrons. The summed E-state index contributed by atoms with van der Waals surface area (Å²) in [5, 5.41) is 9.41. The molecule has 0 spiro atoms. The van der Waals surface area contributed by atoms with Gasteiger partial charge in [0, 0.05) is 0 Å². The second-order valence-electron chi connectivity index (χ2n) is 3.34. The maximum absolute atomic E-state index is 9.41. The smallest absolute Gasteiger partial charge is 0.116 e. The molecule has 1 heteroatoms. The van der Waals surface area contributed by atoms with Crippen molar-refractivity contribution < 1.29 is 5.11 Å². The van der Waals surface area contributed by atoms with Crippen molar-refractivity contribution in [1.82, 2.24) is 0 Å². The van der Waals surface area contributed by atoms with Crippen LogP contribution in [0.5, 0.6) is 5.75 Å². The zero-order valence-corrected chi connectivity index (χ0v) is 8.35. The van der Waals surface area contributed by atoms with Crippen molar-refractivity contribution in [2.45, 2.75) is 0 Å². The lowest BCUT2D eigenvalue weighted by atomic mass is 10.00. The van der Waals surface area contributed by atoms with Crippen molar-refractivity contribution in [2.75, 3.05) is 0 Å². The van der Waals surface area contributed by atoms with Crippen LogP contribution in [0.3, 0.4) is 0 Å².